The summed E-state index contributed by atoms with van der Waals surface area (Å²) in [5.74, 6) is 2.19. The van der Waals surface area contributed by atoms with Crippen LogP contribution in [0.25, 0.3) is 0 Å². The van der Waals surface area contributed by atoms with Crippen molar-refractivity contribution in [2.45, 2.75) is 43.9 Å². The SMILES string of the molecule is O=C(NCC1(c2ccccc2)CC1)C1CC2CCC1C2. The quantitative estimate of drug-likeness (QED) is 0.893. The van der Waals surface area contributed by atoms with E-state index in [4.69, 9.17) is 0 Å². The second kappa shape index (κ2) is 4.61. The lowest BCUT2D eigenvalue weighted by Crippen LogP contribution is -2.38. The van der Waals surface area contributed by atoms with Crippen LogP contribution in [0.3, 0.4) is 0 Å². The first-order valence-corrected chi connectivity index (χ1v) is 8.10. The molecule has 4 rings (SSSR count). The lowest BCUT2D eigenvalue weighted by molar-refractivity contribution is -0.126. The third kappa shape index (κ3) is 2.06. The molecule has 3 aliphatic rings. The van der Waals surface area contributed by atoms with Gasteiger partial charge in [0.2, 0.25) is 5.91 Å². The molecule has 3 saturated carbocycles. The molecule has 3 atom stereocenters. The first-order chi connectivity index (χ1) is 9.77. The predicted molar refractivity (Wildman–Crippen MR) is 79.3 cm³/mol. The van der Waals surface area contributed by atoms with Gasteiger partial charge in [0.05, 0.1) is 0 Å². The third-order valence-electron chi connectivity index (χ3n) is 5.92. The Labute approximate surface area is 121 Å². The van der Waals surface area contributed by atoms with Gasteiger partial charge in [0.15, 0.2) is 0 Å². The largest absolute Gasteiger partial charge is 0.355 e. The van der Waals surface area contributed by atoms with E-state index in [0.29, 0.717) is 17.7 Å². The van der Waals surface area contributed by atoms with Gasteiger partial charge in [0.1, 0.15) is 0 Å². The van der Waals surface area contributed by atoms with E-state index < -0.39 is 0 Å². The summed E-state index contributed by atoms with van der Waals surface area (Å²) in [7, 11) is 0. The van der Waals surface area contributed by atoms with Crippen LogP contribution in [-0.4, -0.2) is 12.5 Å². The molecule has 106 valence electrons. The minimum Gasteiger partial charge on any atom is -0.355 e. The number of amides is 1. The number of carbonyl (C=O) groups excluding carboxylic acids is 1. The molecule has 0 aliphatic heterocycles. The molecular formula is C18H23NO. The molecule has 3 unspecified atom stereocenters. The van der Waals surface area contributed by atoms with Gasteiger partial charge < -0.3 is 5.32 Å². The van der Waals surface area contributed by atoms with E-state index in [1.54, 1.807) is 0 Å². The fourth-order valence-electron chi connectivity index (χ4n) is 4.46. The molecule has 1 aromatic carbocycles. The van der Waals surface area contributed by atoms with Crippen molar-refractivity contribution in [2.24, 2.45) is 17.8 Å². The zero-order chi connectivity index (χ0) is 13.6. The summed E-state index contributed by atoms with van der Waals surface area (Å²) in [4.78, 5) is 12.4. The molecule has 1 N–H and O–H groups in total. The Balaban J connectivity index is 1.38. The van der Waals surface area contributed by atoms with Gasteiger partial charge in [-0.15, -0.1) is 0 Å². The van der Waals surface area contributed by atoms with Gasteiger partial charge in [-0.25, -0.2) is 0 Å². The van der Waals surface area contributed by atoms with E-state index in [0.717, 1.165) is 18.9 Å². The predicted octanol–water partition coefficient (Wildman–Crippen LogP) is 3.27. The van der Waals surface area contributed by atoms with Crippen LogP contribution in [0, 0.1) is 17.8 Å². The summed E-state index contributed by atoms with van der Waals surface area (Å²) in [6.07, 6.45) is 7.54. The molecule has 20 heavy (non-hydrogen) atoms. The molecule has 1 amide bonds. The van der Waals surface area contributed by atoms with E-state index >= 15 is 0 Å². The van der Waals surface area contributed by atoms with Crippen molar-refractivity contribution in [2.75, 3.05) is 6.54 Å². The Morgan fingerprint density at radius 2 is 1.95 bits per heavy atom. The molecule has 0 radical (unpaired) electrons. The fraction of sp³-hybridized carbons (Fsp3) is 0.611. The van der Waals surface area contributed by atoms with Crippen molar-refractivity contribution in [3.05, 3.63) is 35.9 Å². The van der Waals surface area contributed by atoms with Crippen LogP contribution in [-0.2, 0) is 10.2 Å². The first kappa shape index (κ1) is 12.4. The van der Waals surface area contributed by atoms with Crippen LogP contribution >= 0.6 is 0 Å². The molecule has 0 saturated heterocycles. The molecule has 2 bridgehead atoms. The van der Waals surface area contributed by atoms with E-state index in [1.807, 2.05) is 0 Å². The van der Waals surface area contributed by atoms with Crippen molar-refractivity contribution in [3.8, 4) is 0 Å². The standard InChI is InChI=1S/C18H23NO/c20-17(16-11-13-6-7-14(16)10-13)19-12-18(8-9-18)15-4-2-1-3-5-15/h1-5,13-14,16H,6-12H2,(H,19,20). The summed E-state index contributed by atoms with van der Waals surface area (Å²) in [5.41, 5.74) is 1.64. The van der Waals surface area contributed by atoms with Crippen LogP contribution in [0.5, 0.6) is 0 Å². The monoisotopic (exact) mass is 269 g/mol. The third-order valence-corrected chi connectivity index (χ3v) is 5.92. The molecule has 3 fully saturated rings. The number of rotatable bonds is 4. The first-order valence-electron chi connectivity index (χ1n) is 8.10. The van der Waals surface area contributed by atoms with Crippen molar-refractivity contribution >= 4 is 5.91 Å². The highest BCUT2D eigenvalue weighted by molar-refractivity contribution is 5.79. The van der Waals surface area contributed by atoms with Gasteiger partial charge in [-0.2, -0.15) is 0 Å². The molecule has 0 heterocycles. The van der Waals surface area contributed by atoms with Crippen LogP contribution in [0.15, 0.2) is 30.3 Å². The van der Waals surface area contributed by atoms with Gasteiger partial charge in [-0.1, -0.05) is 36.8 Å². The number of carbonyl (C=O) groups is 1. The normalized spacial score (nSPS) is 33.1. The molecular weight excluding hydrogens is 246 g/mol. The average Bonchev–Trinajstić information content (AvgIpc) is 2.99. The second-order valence-corrected chi connectivity index (χ2v) is 7.15. The maximum absolute atomic E-state index is 12.4. The zero-order valence-electron chi connectivity index (χ0n) is 12.0. The number of hydrogen-bond acceptors (Lipinski definition) is 1. The maximum atomic E-state index is 12.4. The smallest absolute Gasteiger partial charge is 0.223 e. The summed E-state index contributed by atoms with van der Waals surface area (Å²) < 4.78 is 0. The molecule has 3 aliphatic carbocycles. The van der Waals surface area contributed by atoms with Crippen molar-refractivity contribution < 1.29 is 4.79 Å². The second-order valence-electron chi connectivity index (χ2n) is 7.15. The van der Waals surface area contributed by atoms with Crippen LogP contribution < -0.4 is 5.32 Å². The number of nitrogens with one attached hydrogen (secondary N) is 1. The Hall–Kier alpha value is -1.31. The van der Waals surface area contributed by atoms with E-state index in [-0.39, 0.29) is 5.41 Å². The van der Waals surface area contributed by atoms with E-state index in [2.05, 4.69) is 35.6 Å². The zero-order valence-corrected chi connectivity index (χ0v) is 12.0. The minimum atomic E-state index is 0.245. The molecule has 2 heteroatoms. The van der Waals surface area contributed by atoms with Gasteiger partial charge in [-0.3, -0.25) is 4.79 Å². The summed E-state index contributed by atoms with van der Waals surface area (Å²) in [5, 5.41) is 3.27. The van der Waals surface area contributed by atoms with Crippen LogP contribution in [0.4, 0.5) is 0 Å². The number of benzene rings is 1. The number of fused-ring (bicyclic) bond motifs is 2. The van der Waals surface area contributed by atoms with Crippen LogP contribution in [0.2, 0.25) is 0 Å². The Kier molecular flexibility index (Phi) is 2.87. The lowest BCUT2D eigenvalue weighted by Gasteiger charge is -2.23. The lowest BCUT2D eigenvalue weighted by atomic mass is 9.88. The maximum Gasteiger partial charge on any atom is 0.223 e. The summed E-state index contributed by atoms with van der Waals surface area (Å²) >= 11 is 0. The number of hydrogen-bond donors (Lipinski definition) is 1. The highest BCUT2D eigenvalue weighted by Gasteiger charge is 2.46. The fourth-order valence-corrected chi connectivity index (χ4v) is 4.46. The van der Waals surface area contributed by atoms with Crippen molar-refractivity contribution in [3.63, 3.8) is 0 Å². The van der Waals surface area contributed by atoms with Gasteiger partial charge in [-0.05, 0) is 49.5 Å². The van der Waals surface area contributed by atoms with E-state index in [9.17, 15) is 4.79 Å². The Bertz CT molecular complexity index is 505. The highest BCUT2D eigenvalue weighted by Crippen LogP contribution is 2.49. The highest BCUT2D eigenvalue weighted by atomic mass is 16.1. The Morgan fingerprint density at radius 3 is 2.55 bits per heavy atom. The minimum absolute atomic E-state index is 0.245. The topological polar surface area (TPSA) is 29.1 Å². The Morgan fingerprint density at radius 1 is 1.15 bits per heavy atom. The summed E-state index contributed by atoms with van der Waals surface area (Å²) in [6.45, 7) is 0.837. The molecule has 1 aromatic rings. The summed E-state index contributed by atoms with van der Waals surface area (Å²) in [6, 6.07) is 10.7. The van der Waals surface area contributed by atoms with Gasteiger partial charge >= 0.3 is 0 Å². The van der Waals surface area contributed by atoms with Crippen LogP contribution in [0.1, 0.15) is 44.1 Å². The molecule has 0 aromatic heterocycles. The van der Waals surface area contributed by atoms with Crippen molar-refractivity contribution in [1.29, 1.82) is 0 Å². The van der Waals surface area contributed by atoms with Gasteiger partial charge in [0, 0.05) is 17.9 Å². The van der Waals surface area contributed by atoms with E-state index in [1.165, 1.54) is 37.7 Å². The van der Waals surface area contributed by atoms with Crippen molar-refractivity contribution in [1.82, 2.24) is 5.32 Å². The molecule has 2 nitrogen and oxygen atoms in total. The van der Waals surface area contributed by atoms with Gasteiger partial charge in [0.25, 0.3) is 0 Å². The molecule has 0 spiro atoms. The average molecular weight is 269 g/mol.